The second kappa shape index (κ2) is 9.57. The third-order valence-electron chi connectivity index (χ3n) is 4.96. The van der Waals surface area contributed by atoms with Crippen LogP contribution in [0.5, 0.6) is 0 Å². The van der Waals surface area contributed by atoms with Crippen molar-refractivity contribution in [3.05, 3.63) is 53.2 Å². The van der Waals surface area contributed by atoms with Gasteiger partial charge in [0.15, 0.2) is 0 Å². The minimum atomic E-state index is -1.33. The largest absolute Gasteiger partial charge is 0.370 e. The van der Waals surface area contributed by atoms with E-state index in [2.05, 4.69) is 4.98 Å². The van der Waals surface area contributed by atoms with Crippen LogP contribution in [0, 0.1) is 0 Å². The Morgan fingerprint density at radius 2 is 1.81 bits per heavy atom. The van der Waals surface area contributed by atoms with E-state index in [0.29, 0.717) is 23.7 Å². The van der Waals surface area contributed by atoms with Crippen molar-refractivity contribution in [1.82, 2.24) is 4.98 Å². The Kier molecular flexibility index (Phi) is 6.86. The van der Waals surface area contributed by atoms with Crippen molar-refractivity contribution in [3.8, 4) is 0 Å². The van der Waals surface area contributed by atoms with Gasteiger partial charge in [0, 0.05) is 30.4 Å². The lowest BCUT2D eigenvalue weighted by atomic mass is 10.1. The van der Waals surface area contributed by atoms with Gasteiger partial charge in [-0.2, -0.15) is 0 Å². The van der Waals surface area contributed by atoms with Crippen molar-refractivity contribution < 1.29 is 19.2 Å². The molecule has 1 fully saturated rings. The van der Waals surface area contributed by atoms with Crippen molar-refractivity contribution in [3.63, 3.8) is 0 Å². The Labute approximate surface area is 184 Å². The Morgan fingerprint density at radius 1 is 1.10 bits per heavy atom. The highest BCUT2D eigenvalue weighted by molar-refractivity contribution is 6.30. The topological polar surface area (TPSA) is 140 Å². The van der Waals surface area contributed by atoms with Crippen LogP contribution in [0.2, 0.25) is 5.02 Å². The van der Waals surface area contributed by atoms with E-state index in [-0.39, 0.29) is 17.3 Å². The Bertz CT molecular complexity index is 994. The van der Waals surface area contributed by atoms with E-state index in [1.165, 1.54) is 18.3 Å². The van der Waals surface area contributed by atoms with Crippen LogP contribution in [0.1, 0.15) is 36.0 Å². The molecule has 1 aliphatic heterocycles. The normalized spacial score (nSPS) is 14.7. The van der Waals surface area contributed by atoms with Gasteiger partial charge in [0.05, 0.1) is 11.4 Å². The van der Waals surface area contributed by atoms with Crippen molar-refractivity contribution in [1.29, 1.82) is 0 Å². The molecule has 0 bridgehead atoms. The maximum Gasteiger partial charge on any atom is 0.260 e. The summed E-state index contributed by atoms with van der Waals surface area (Å²) < 4.78 is 0. The summed E-state index contributed by atoms with van der Waals surface area (Å²) in [5.74, 6) is -2.17. The van der Waals surface area contributed by atoms with E-state index in [0.717, 1.165) is 17.7 Å². The first-order valence-electron chi connectivity index (χ1n) is 9.71. The lowest BCUT2D eigenvalue weighted by Gasteiger charge is -2.29. The Balaban J connectivity index is 1.95. The number of aromatic nitrogens is 1. The number of halogens is 1. The minimum Gasteiger partial charge on any atom is -0.370 e. The number of benzene rings is 1. The van der Waals surface area contributed by atoms with Crippen molar-refractivity contribution in [2.45, 2.75) is 31.7 Å². The van der Waals surface area contributed by atoms with Gasteiger partial charge in [-0.3, -0.25) is 24.1 Å². The molecule has 9 nitrogen and oxygen atoms in total. The number of hydrogen-bond donors (Lipinski definition) is 2. The number of carbonyl (C=O) groups is 4. The number of amides is 4. The molecule has 1 aromatic heterocycles. The number of pyridine rings is 1. The van der Waals surface area contributed by atoms with Crippen LogP contribution in [0.4, 0.5) is 11.5 Å². The number of anilines is 2. The first-order chi connectivity index (χ1) is 14.8. The number of rotatable bonds is 7. The molecule has 3 rings (SSSR count). The van der Waals surface area contributed by atoms with Crippen molar-refractivity contribution in [2.75, 3.05) is 16.3 Å². The average molecular weight is 444 g/mol. The molecular formula is C21H22ClN5O4. The summed E-state index contributed by atoms with van der Waals surface area (Å²) in [6.45, 7) is 0.620. The van der Waals surface area contributed by atoms with Crippen LogP contribution in [0.3, 0.4) is 0 Å². The molecule has 0 radical (unpaired) electrons. The van der Waals surface area contributed by atoms with E-state index in [1.807, 2.05) is 0 Å². The highest BCUT2D eigenvalue weighted by atomic mass is 35.5. The van der Waals surface area contributed by atoms with Crippen LogP contribution in [0.15, 0.2) is 42.6 Å². The van der Waals surface area contributed by atoms with E-state index in [1.54, 1.807) is 29.2 Å². The maximum atomic E-state index is 13.3. The van der Waals surface area contributed by atoms with Crippen LogP contribution in [0.25, 0.3) is 0 Å². The van der Waals surface area contributed by atoms with Crippen LogP contribution in [-0.4, -0.2) is 41.2 Å². The molecule has 0 spiro atoms. The number of nitrogens with zero attached hydrogens (tertiary/aromatic N) is 3. The lowest BCUT2D eigenvalue weighted by molar-refractivity contribution is -0.124. The number of primary amides is 2. The molecule has 162 valence electrons. The third kappa shape index (κ3) is 5.18. The van der Waals surface area contributed by atoms with Crippen LogP contribution < -0.4 is 21.3 Å². The van der Waals surface area contributed by atoms with Gasteiger partial charge in [0.2, 0.25) is 17.7 Å². The first kappa shape index (κ1) is 22.2. The molecular weight excluding hydrogens is 422 g/mol. The van der Waals surface area contributed by atoms with Gasteiger partial charge in [0.25, 0.3) is 5.91 Å². The molecule has 1 atom stereocenters. The van der Waals surface area contributed by atoms with Gasteiger partial charge in [-0.25, -0.2) is 4.98 Å². The summed E-state index contributed by atoms with van der Waals surface area (Å²) in [7, 11) is 0. The molecule has 4 N–H and O–H groups in total. The van der Waals surface area contributed by atoms with Gasteiger partial charge >= 0.3 is 0 Å². The SMILES string of the molecule is NC(=O)CC(C(N)=O)N(C(=O)c1ccc(N2CCCCC2=O)cc1)c1ccc(Cl)cn1. The number of hydrogen-bond acceptors (Lipinski definition) is 5. The van der Waals surface area contributed by atoms with E-state index in [4.69, 9.17) is 23.1 Å². The average Bonchev–Trinajstić information content (AvgIpc) is 2.74. The molecule has 2 heterocycles. The molecule has 1 saturated heterocycles. The predicted octanol–water partition coefficient (Wildman–Crippen LogP) is 1.63. The summed E-state index contributed by atoms with van der Waals surface area (Å²) in [6, 6.07) is 8.03. The fourth-order valence-electron chi connectivity index (χ4n) is 3.43. The zero-order valence-electron chi connectivity index (χ0n) is 16.7. The molecule has 31 heavy (non-hydrogen) atoms. The van der Waals surface area contributed by atoms with E-state index < -0.39 is 30.2 Å². The van der Waals surface area contributed by atoms with Crippen LogP contribution >= 0.6 is 11.6 Å². The molecule has 1 aromatic carbocycles. The number of nitrogens with two attached hydrogens (primary N) is 2. The lowest BCUT2D eigenvalue weighted by Crippen LogP contribution is -2.50. The minimum absolute atomic E-state index is 0.0348. The van der Waals surface area contributed by atoms with Crippen molar-refractivity contribution >= 4 is 46.7 Å². The van der Waals surface area contributed by atoms with Crippen molar-refractivity contribution in [2.24, 2.45) is 11.5 Å². The standard InChI is InChI=1S/C21H22ClN5O4/c22-14-6-9-18(25-12-14)27(16(20(24)30)11-17(23)28)21(31)13-4-7-15(8-5-13)26-10-2-1-3-19(26)29/h4-9,12,16H,1-3,10-11H2,(H2,23,28)(H2,24,30). The highest BCUT2D eigenvalue weighted by Gasteiger charge is 2.33. The van der Waals surface area contributed by atoms with Gasteiger partial charge in [-0.1, -0.05) is 11.6 Å². The fourth-order valence-corrected chi connectivity index (χ4v) is 3.54. The van der Waals surface area contributed by atoms with Gasteiger partial charge in [-0.05, 0) is 49.2 Å². The summed E-state index contributed by atoms with van der Waals surface area (Å²) >= 11 is 5.88. The number of piperidine rings is 1. The van der Waals surface area contributed by atoms with E-state index in [9.17, 15) is 19.2 Å². The molecule has 0 aliphatic carbocycles. The molecule has 1 aliphatic rings. The van der Waals surface area contributed by atoms with Gasteiger partial charge in [-0.15, -0.1) is 0 Å². The summed E-state index contributed by atoms with van der Waals surface area (Å²) in [5.41, 5.74) is 11.6. The van der Waals surface area contributed by atoms with Gasteiger partial charge in [0.1, 0.15) is 11.9 Å². The van der Waals surface area contributed by atoms with Crippen LogP contribution in [-0.2, 0) is 14.4 Å². The molecule has 2 aromatic rings. The third-order valence-corrected chi connectivity index (χ3v) is 5.18. The molecule has 10 heteroatoms. The Hall–Kier alpha value is -3.46. The summed E-state index contributed by atoms with van der Waals surface area (Å²) in [4.78, 5) is 55.8. The monoisotopic (exact) mass is 443 g/mol. The zero-order chi connectivity index (χ0) is 22.5. The molecule has 1 unspecified atom stereocenters. The Morgan fingerprint density at radius 3 is 2.35 bits per heavy atom. The smallest absolute Gasteiger partial charge is 0.260 e. The van der Waals surface area contributed by atoms with E-state index >= 15 is 0 Å². The predicted molar refractivity (Wildman–Crippen MR) is 115 cm³/mol. The second-order valence-corrected chi connectivity index (χ2v) is 7.58. The summed E-state index contributed by atoms with van der Waals surface area (Å²) in [6.07, 6.45) is 3.11. The fraction of sp³-hybridized carbons (Fsp3) is 0.286. The molecule has 4 amide bonds. The second-order valence-electron chi connectivity index (χ2n) is 7.15. The number of carbonyl (C=O) groups excluding carboxylic acids is 4. The zero-order valence-corrected chi connectivity index (χ0v) is 17.4. The quantitative estimate of drug-likeness (QED) is 0.669. The van der Waals surface area contributed by atoms with Gasteiger partial charge < -0.3 is 16.4 Å². The highest BCUT2D eigenvalue weighted by Crippen LogP contribution is 2.24. The summed E-state index contributed by atoms with van der Waals surface area (Å²) in [5, 5.41) is 0.331. The first-order valence-corrected chi connectivity index (χ1v) is 10.1. The maximum absolute atomic E-state index is 13.3. The molecule has 0 saturated carbocycles.